The Morgan fingerprint density at radius 2 is 1.64 bits per heavy atom. The molecule has 2 aliphatic rings. The van der Waals surface area contributed by atoms with Gasteiger partial charge in [-0.1, -0.05) is 37.1 Å². The highest BCUT2D eigenvalue weighted by Crippen LogP contribution is 2.45. The molecule has 33 heavy (non-hydrogen) atoms. The Bertz CT molecular complexity index is 963. The Morgan fingerprint density at radius 1 is 0.939 bits per heavy atom. The molecule has 2 fully saturated rings. The van der Waals surface area contributed by atoms with Gasteiger partial charge >= 0.3 is 0 Å². The molecule has 0 heterocycles. The summed E-state index contributed by atoms with van der Waals surface area (Å²) in [6.45, 7) is 6.19. The normalized spacial score (nSPS) is 26.0. The van der Waals surface area contributed by atoms with E-state index in [4.69, 9.17) is 4.74 Å². The molecule has 4 rings (SSSR count). The summed E-state index contributed by atoms with van der Waals surface area (Å²) in [5.74, 6) is 1.73. The van der Waals surface area contributed by atoms with E-state index < -0.39 is 11.6 Å². The quantitative estimate of drug-likeness (QED) is 0.363. The monoisotopic (exact) mass is 452 g/mol. The minimum absolute atomic E-state index is 0.120. The van der Waals surface area contributed by atoms with Crippen LogP contribution < -0.4 is 4.74 Å². The van der Waals surface area contributed by atoms with Crippen molar-refractivity contribution < 1.29 is 13.5 Å². The molecule has 0 aliphatic heterocycles. The second kappa shape index (κ2) is 11.3. The summed E-state index contributed by atoms with van der Waals surface area (Å²) >= 11 is 0. The topological polar surface area (TPSA) is 9.23 Å². The van der Waals surface area contributed by atoms with Crippen molar-refractivity contribution >= 4 is 10.8 Å². The van der Waals surface area contributed by atoms with E-state index in [1.165, 1.54) is 32.1 Å². The predicted molar refractivity (Wildman–Crippen MR) is 134 cm³/mol. The summed E-state index contributed by atoms with van der Waals surface area (Å²) in [5.41, 5.74) is 0.564. The van der Waals surface area contributed by atoms with Crippen molar-refractivity contribution in [3.8, 4) is 5.75 Å². The van der Waals surface area contributed by atoms with Gasteiger partial charge in [0, 0.05) is 5.39 Å². The average Bonchev–Trinajstić information content (AvgIpc) is 2.86. The van der Waals surface area contributed by atoms with Gasteiger partial charge in [0.15, 0.2) is 11.6 Å². The van der Waals surface area contributed by atoms with E-state index in [1.54, 1.807) is 6.07 Å². The van der Waals surface area contributed by atoms with Crippen LogP contribution in [0.15, 0.2) is 49.1 Å². The fourth-order valence-electron chi connectivity index (χ4n) is 6.16. The summed E-state index contributed by atoms with van der Waals surface area (Å²) in [6.07, 6.45) is 17.9. The second-order valence-electron chi connectivity index (χ2n) is 10.1. The third kappa shape index (κ3) is 5.67. The second-order valence-corrected chi connectivity index (χ2v) is 10.1. The Hall–Kier alpha value is -2.16. The number of benzene rings is 2. The molecular formula is C30H38F2O. The summed E-state index contributed by atoms with van der Waals surface area (Å²) in [7, 11) is 0. The van der Waals surface area contributed by atoms with Gasteiger partial charge in [0.05, 0.1) is 0 Å². The third-order valence-corrected chi connectivity index (χ3v) is 8.15. The summed E-state index contributed by atoms with van der Waals surface area (Å²) in [5, 5.41) is 1.05. The van der Waals surface area contributed by atoms with Crippen LogP contribution in [0.5, 0.6) is 5.75 Å². The van der Waals surface area contributed by atoms with Crippen molar-refractivity contribution in [2.75, 3.05) is 6.61 Å². The number of rotatable bonds is 8. The summed E-state index contributed by atoms with van der Waals surface area (Å²) < 4.78 is 35.8. The van der Waals surface area contributed by atoms with E-state index in [0.29, 0.717) is 23.3 Å². The highest BCUT2D eigenvalue weighted by molar-refractivity contribution is 5.85. The molecule has 0 radical (unpaired) electrons. The number of allylic oxidation sites excluding steroid dienone is 2. The lowest BCUT2D eigenvalue weighted by atomic mass is 9.68. The van der Waals surface area contributed by atoms with Crippen LogP contribution in [-0.4, -0.2) is 6.61 Å². The maximum Gasteiger partial charge on any atom is 0.167 e. The molecule has 0 bridgehead atoms. The zero-order chi connectivity index (χ0) is 23.2. The van der Waals surface area contributed by atoms with Gasteiger partial charge in [0.1, 0.15) is 12.4 Å². The van der Waals surface area contributed by atoms with E-state index in [9.17, 15) is 0 Å². The first-order valence-corrected chi connectivity index (χ1v) is 12.9. The van der Waals surface area contributed by atoms with Crippen LogP contribution in [0.1, 0.15) is 82.6 Å². The van der Waals surface area contributed by atoms with Crippen molar-refractivity contribution in [3.05, 3.63) is 66.3 Å². The van der Waals surface area contributed by atoms with Crippen LogP contribution in [0, 0.1) is 29.4 Å². The maximum absolute atomic E-state index is 15.1. The number of halogens is 2. The maximum atomic E-state index is 15.1. The Morgan fingerprint density at radius 3 is 2.30 bits per heavy atom. The average molecular weight is 453 g/mol. The van der Waals surface area contributed by atoms with E-state index in [2.05, 4.69) is 6.58 Å². The number of ether oxygens (including phenoxy) is 1. The highest BCUT2D eigenvalue weighted by Gasteiger charge is 2.32. The summed E-state index contributed by atoms with van der Waals surface area (Å²) in [6, 6.07) is 7.18. The molecule has 0 N–H and O–H groups in total. The molecule has 2 aromatic carbocycles. The lowest BCUT2D eigenvalue weighted by Crippen LogP contribution is -2.25. The largest absolute Gasteiger partial charge is 0.490 e. The van der Waals surface area contributed by atoms with E-state index >= 15 is 8.78 Å². The molecule has 0 amide bonds. The third-order valence-electron chi connectivity index (χ3n) is 8.15. The zero-order valence-corrected chi connectivity index (χ0v) is 20.0. The van der Waals surface area contributed by atoms with Crippen LogP contribution >= 0.6 is 0 Å². The minimum Gasteiger partial charge on any atom is -0.490 e. The number of hydrogen-bond acceptors (Lipinski definition) is 1. The Labute approximate surface area is 197 Å². The molecule has 2 aliphatic carbocycles. The highest BCUT2D eigenvalue weighted by atomic mass is 19.2. The van der Waals surface area contributed by atoms with Crippen LogP contribution in [-0.2, 0) is 0 Å². The Balaban J connectivity index is 1.39. The van der Waals surface area contributed by atoms with E-state index in [0.717, 1.165) is 55.2 Å². The van der Waals surface area contributed by atoms with Gasteiger partial charge in [-0.15, -0.1) is 6.58 Å². The van der Waals surface area contributed by atoms with Gasteiger partial charge in [-0.2, -0.15) is 0 Å². The Kier molecular flexibility index (Phi) is 8.22. The first kappa shape index (κ1) is 24.0. The molecule has 0 atom stereocenters. The van der Waals surface area contributed by atoms with Gasteiger partial charge in [-0.05, 0) is 111 Å². The molecular weight excluding hydrogens is 414 g/mol. The van der Waals surface area contributed by atoms with E-state index in [-0.39, 0.29) is 5.92 Å². The van der Waals surface area contributed by atoms with Crippen LogP contribution in [0.2, 0.25) is 0 Å². The van der Waals surface area contributed by atoms with Gasteiger partial charge in [0.25, 0.3) is 0 Å². The van der Waals surface area contributed by atoms with Crippen molar-refractivity contribution in [2.24, 2.45) is 17.8 Å². The predicted octanol–water partition coefficient (Wildman–Crippen LogP) is 9.12. The molecule has 0 unspecified atom stereocenters. The minimum atomic E-state index is -0.737. The summed E-state index contributed by atoms with van der Waals surface area (Å²) in [4.78, 5) is 0. The molecule has 0 aromatic heterocycles. The SMILES string of the molecule is C=CCCC1CCC(C2CCC(c3cc4ccc(OCC=CC)cc4c(F)c3F)CC2)CC1. The molecule has 2 saturated carbocycles. The van der Waals surface area contributed by atoms with Crippen molar-refractivity contribution in [2.45, 2.75) is 77.0 Å². The van der Waals surface area contributed by atoms with Gasteiger partial charge in [0.2, 0.25) is 0 Å². The molecule has 178 valence electrons. The van der Waals surface area contributed by atoms with Crippen LogP contribution in [0.3, 0.4) is 0 Å². The van der Waals surface area contributed by atoms with Gasteiger partial charge in [-0.25, -0.2) is 8.78 Å². The lowest BCUT2D eigenvalue weighted by molar-refractivity contribution is 0.156. The molecule has 1 nitrogen and oxygen atoms in total. The van der Waals surface area contributed by atoms with Crippen molar-refractivity contribution in [3.63, 3.8) is 0 Å². The molecule has 2 aromatic rings. The zero-order valence-electron chi connectivity index (χ0n) is 20.0. The number of hydrogen-bond donors (Lipinski definition) is 0. The van der Waals surface area contributed by atoms with Crippen LogP contribution in [0.4, 0.5) is 8.78 Å². The fraction of sp³-hybridized carbons (Fsp3) is 0.533. The number of fused-ring (bicyclic) bond motifs is 1. The van der Waals surface area contributed by atoms with E-state index in [1.807, 2.05) is 43.4 Å². The van der Waals surface area contributed by atoms with Gasteiger partial charge in [-0.3, -0.25) is 0 Å². The van der Waals surface area contributed by atoms with Crippen molar-refractivity contribution in [1.82, 2.24) is 0 Å². The molecule has 3 heteroatoms. The standard InChI is InChI=1S/C30H38F2O/c1-3-5-7-21-8-10-22(11-9-21)23-12-14-24(15-13-23)27-19-25-16-17-26(33-18-6-4-2)20-28(25)30(32)29(27)31/h3-4,6,16-17,19-24H,1,5,7-15,18H2,2H3. The van der Waals surface area contributed by atoms with Gasteiger partial charge < -0.3 is 4.74 Å². The fourth-order valence-corrected chi connectivity index (χ4v) is 6.16. The van der Waals surface area contributed by atoms with Crippen LogP contribution in [0.25, 0.3) is 10.8 Å². The molecule has 0 saturated heterocycles. The smallest absolute Gasteiger partial charge is 0.167 e. The van der Waals surface area contributed by atoms with Crippen molar-refractivity contribution in [1.29, 1.82) is 0 Å². The first-order valence-electron chi connectivity index (χ1n) is 12.9. The molecule has 0 spiro atoms. The first-order chi connectivity index (χ1) is 16.1. The lowest BCUT2D eigenvalue weighted by Gasteiger charge is -2.38.